The van der Waals surface area contributed by atoms with Crippen molar-refractivity contribution in [2.75, 3.05) is 25.1 Å². The number of hydrogen-bond acceptors (Lipinski definition) is 4. The van der Waals surface area contributed by atoms with Gasteiger partial charge in [-0.15, -0.1) is 10.2 Å². The van der Waals surface area contributed by atoms with Gasteiger partial charge in [0.2, 0.25) is 0 Å². The second kappa shape index (κ2) is 5.84. The summed E-state index contributed by atoms with van der Waals surface area (Å²) in [6.07, 6.45) is 5.83. The maximum absolute atomic E-state index is 5.49. The monoisotopic (exact) mass is 258 g/mol. The standard InChI is InChI=1S/C14H18N4O/c1-4-13(15-8-12-3-2-6-19-9-12)7-14(5-1)18-10-16-17-11-18/h1,4-5,7,10-12,15H,2-3,6,8-9H2. The molecule has 0 amide bonds. The predicted octanol–water partition coefficient (Wildman–Crippen LogP) is 2.11. The highest BCUT2D eigenvalue weighted by atomic mass is 16.5. The SMILES string of the molecule is c1cc(NCC2CCCOC2)cc(-n2cnnc2)c1. The Morgan fingerprint density at radius 1 is 1.32 bits per heavy atom. The lowest BCUT2D eigenvalue weighted by Crippen LogP contribution is -2.24. The Hall–Kier alpha value is -1.88. The van der Waals surface area contributed by atoms with Gasteiger partial charge in [0.15, 0.2) is 0 Å². The molecule has 1 unspecified atom stereocenters. The van der Waals surface area contributed by atoms with Gasteiger partial charge in [0.1, 0.15) is 12.7 Å². The van der Waals surface area contributed by atoms with Crippen LogP contribution in [0.1, 0.15) is 12.8 Å². The van der Waals surface area contributed by atoms with Gasteiger partial charge in [-0.2, -0.15) is 0 Å². The van der Waals surface area contributed by atoms with Crippen molar-refractivity contribution in [2.24, 2.45) is 5.92 Å². The fourth-order valence-corrected chi connectivity index (χ4v) is 2.34. The smallest absolute Gasteiger partial charge is 0.123 e. The van der Waals surface area contributed by atoms with E-state index in [2.05, 4.69) is 27.6 Å². The molecule has 2 aromatic rings. The molecule has 0 radical (unpaired) electrons. The molecule has 2 heterocycles. The summed E-state index contributed by atoms with van der Waals surface area (Å²) in [6.45, 7) is 2.75. The topological polar surface area (TPSA) is 52.0 Å². The number of rotatable bonds is 4. The molecule has 1 aromatic heterocycles. The highest BCUT2D eigenvalue weighted by molar-refractivity contribution is 5.51. The third-order valence-electron chi connectivity index (χ3n) is 3.41. The van der Waals surface area contributed by atoms with Crippen molar-refractivity contribution in [1.29, 1.82) is 0 Å². The second-order valence-corrected chi connectivity index (χ2v) is 4.88. The van der Waals surface area contributed by atoms with Crippen LogP contribution in [-0.2, 0) is 4.74 Å². The van der Waals surface area contributed by atoms with E-state index in [1.807, 2.05) is 16.7 Å². The zero-order chi connectivity index (χ0) is 12.9. The average molecular weight is 258 g/mol. The molecule has 0 saturated carbocycles. The van der Waals surface area contributed by atoms with Gasteiger partial charge in [0.05, 0.1) is 12.3 Å². The lowest BCUT2D eigenvalue weighted by atomic mass is 10.0. The zero-order valence-electron chi connectivity index (χ0n) is 10.8. The van der Waals surface area contributed by atoms with Crippen molar-refractivity contribution in [2.45, 2.75) is 12.8 Å². The van der Waals surface area contributed by atoms with Gasteiger partial charge in [-0.05, 0) is 37.0 Å². The van der Waals surface area contributed by atoms with E-state index in [1.54, 1.807) is 12.7 Å². The Morgan fingerprint density at radius 3 is 3.00 bits per heavy atom. The molecule has 1 aliphatic heterocycles. The van der Waals surface area contributed by atoms with Crippen molar-refractivity contribution in [3.05, 3.63) is 36.9 Å². The lowest BCUT2D eigenvalue weighted by molar-refractivity contribution is 0.0595. The van der Waals surface area contributed by atoms with Crippen LogP contribution in [0.4, 0.5) is 5.69 Å². The number of nitrogens with one attached hydrogen (secondary N) is 1. The lowest BCUT2D eigenvalue weighted by Gasteiger charge is -2.22. The normalized spacial score (nSPS) is 19.3. The predicted molar refractivity (Wildman–Crippen MR) is 73.4 cm³/mol. The van der Waals surface area contributed by atoms with E-state index in [4.69, 9.17) is 4.74 Å². The molecular weight excluding hydrogens is 240 g/mol. The Labute approximate surface area is 112 Å². The van der Waals surface area contributed by atoms with Crippen LogP contribution in [-0.4, -0.2) is 34.5 Å². The molecule has 19 heavy (non-hydrogen) atoms. The number of benzene rings is 1. The third-order valence-corrected chi connectivity index (χ3v) is 3.41. The fourth-order valence-electron chi connectivity index (χ4n) is 2.34. The maximum atomic E-state index is 5.49. The number of ether oxygens (including phenoxy) is 1. The molecule has 1 atom stereocenters. The van der Waals surface area contributed by atoms with Crippen LogP contribution in [0.2, 0.25) is 0 Å². The van der Waals surface area contributed by atoms with Crippen molar-refractivity contribution in [3.8, 4) is 5.69 Å². The van der Waals surface area contributed by atoms with Crippen LogP contribution in [0.25, 0.3) is 5.69 Å². The zero-order valence-corrected chi connectivity index (χ0v) is 10.8. The maximum Gasteiger partial charge on any atom is 0.123 e. The van der Waals surface area contributed by atoms with Crippen molar-refractivity contribution >= 4 is 5.69 Å². The molecule has 5 nitrogen and oxygen atoms in total. The van der Waals surface area contributed by atoms with Crippen molar-refractivity contribution in [1.82, 2.24) is 14.8 Å². The van der Waals surface area contributed by atoms with Gasteiger partial charge in [0.25, 0.3) is 0 Å². The second-order valence-electron chi connectivity index (χ2n) is 4.88. The van der Waals surface area contributed by atoms with Crippen LogP contribution in [0.15, 0.2) is 36.9 Å². The van der Waals surface area contributed by atoms with Gasteiger partial charge in [-0.1, -0.05) is 6.07 Å². The third kappa shape index (κ3) is 3.12. The summed E-state index contributed by atoms with van der Waals surface area (Å²) in [5.41, 5.74) is 2.19. The van der Waals surface area contributed by atoms with Gasteiger partial charge >= 0.3 is 0 Å². The summed E-state index contributed by atoms with van der Waals surface area (Å²) in [5.74, 6) is 0.618. The van der Waals surface area contributed by atoms with Crippen LogP contribution < -0.4 is 5.32 Å². The molecule has 3 rings (SSSR count). The Kier molecular flexibility index (Phi) is 3.74. The minimum Gasteiger partial charge on any atom is -0.385 e. The first-order valence-electron chi connectivity index (χ1n) is 6.68. The first kappa shape index (κ1) is 12.2. The molecule has 0 bridgehead atoms. The van der Waals surface area contributed by atoms with Crippen LogP contribution in [0, 0.1) is 5.92 Å². The molecule has 1 aliphatic rings. The summed E-state index contributed by atoms with van der Waals surface area (Å²) in [5, 5.41) is 11.1. The van der Waals surface area contributed by atoms with Crippen molar-refractivity contribution < 1.29 is 4.74 Å². The molecule has 1 aromatic carbocycles. The van der Waals surface area contributed by atoms with E-state index in [-0.39, 0.29) is 0 Å². The molecule has 100 valence electrons. The highest BCUT2D eigenvalue weighted by Gasteiger charge is 2.13. The summed E-state index contributed by atoms with van der Waals surface area (Å²) in [6, 6.07) is 8.26. The first-order chi connectivity index (χ1) is 9.42. The minimum atomic E-state index is 0.618. The largest absolute Gasteiger partial charge is 0.385 e. The molecule has 1 saturated heterocycles. The summed E-state index contributed by atoms with van der Waals surface area (Å²) in [7, 11) is 0. The average Bonchev–Trinajstić information content (AvgIpc) is 3.01. The molecule has 0 aliphatic carbocycles. The highest BCUT2D eigenvalue weighted by Crippen LogP contribution is 2.17. The quantitative estimate of drug-likeness (QED) is 0.912. The van der Waals surface area contributed by atoms with Crippen LogP contribution in [0.3, 0.4) is 0 Å². The van der Waals surface area contributed by atoms with Gasteiger partial charge in [-0.25, -0.2) is 0 Å². The Bertz CT molecular complexity index is 506. The number of anilines is 1. The molecule has 0 spiro atoms. The van der Waals surface area contributed by atoms with Crippen LogP contribution in [0.5, 0.6) is 0 Å². The molecule has 1 N–H and O–H groups in total. The number of hydrogen-bond donors (Lipinski definition) is 1. The van der Waals surface area contributed by atoms with Gasteiger partial charge in [0, 0.05) is 18.8 Å². The molecule has 5 heteroatoms. The van der Waals surface area contributed by atoms with E-state index in [1.165, 1.54) is 12.8 Å². The van der Waals surface area contributed by atoms with E-state index in [0.717, 1.165) is 31.1 Å². The van der Waals surface area contributed by atoms with E-state index in [9.17, 15) is 0 Å². The first-order valence-corrected chi connectivity index (χ1v) is 6.68. The van der Waals surface area contributed by atoms with Gasteiger partial charge in [-0.3, -0.25) is 4.57 Å². The van der Waals surface area contributed by atoms with E-state index in [0.29, 0.717) is 5.92 Å². The Balaban J connectivity index is 1.63. The van der Waals surface area contributed by atoms with E-state index >= 15 is 0 Å². The summed E-state index contributed by atoms with van der Waals surface area (Å²) in [4.78, 5) is 0. The number of nitrogens with zero attached hydrogens (tertiary/aromatic N) is 3. The van der Waals surface area contributed by atoms with E-state index < -0.39 is 0 Å². The van der Waals surface area contributed by atoms with Crippen molar-refractivity contribution in [3.63, 3.8) is 0 Å². The molecule has 1 fully saturated rings. The van der Waals surface area contributed by atoms with Gasteiger partial charge < -0.3 is 10.1 Å². The minimum absolute atomic E-state index is 0.618. The summed E-state index contributed by atoms with van der Waals surface area (Å²) < 4.78 is 7.39. The Morgan fingerprint density at radius 2 is 2.21 bits per heavy atom. The fraction of sp³-hybridized carbons (Fsp3) is 0.429. The summed E-state index contributed by atoms with van der Waals surface area (Å²) >= 11 is 0. The molecular formula is C14H18N4O. The number of aromatic nitrogens is 3. The van der Waals surface area contributed by atoms with Crippen LogP contribution >= 0.6 is 0 Å².